The van der Waals surface area contributed by atoms with Crippen molar-refractivity contribution >= 4 is 23.5 Å². The van der Waals surface area contributed by atoms with E-state index in [-0.39, 0.29) is 0 Å². The predicted molar refractivity (Wildman–Crippen MR) is 75.3 cm³/mol. The van der Waals surface area contributed by atoms with Crippen molar-refractivity contribution < 1.29 is 4.74 Å². The van der Waals surface area contributed by atoms with E-state index in [1.165, 1.54) is 48.7 Å². The molecule has 0 bridgehead atoms. The third kappa shape index (κ3) is 14.7. The summed E-state index contributed by atoms with van der Waals surface area (Å²) in [5.41, 5.74) is 0. The first-order chi connectivity index (χ1) is 7.41. The maximum Gasteiger partial charge on any atom is 0.0466 e. The van der Waals surface area contributed by atoms with E-state index >= 15 is 0 Å². The molecule has 0 fully saturated rings. The minimum atomic E-state index is 0.963. The van der Waals surface area contributed by atoms with Crippen LogP contribution in [0.3, 0.4) is 0 Å². The van der Waals surface area contributed by atoms with Gasteiger partial charge in [0, 0.05) is 13.2 Å². The van der Waals surface area contributed by atoms with E-state index in [0.717, 1.165) is 13.2 Å². The Kier molecular flexibility index (Phi) is 15.3. The second kappa shape index (κ2) is 14.7. The number of hydrogen-bond acceptors (Lipinski definition) is 3. The van der Waals surface area contributed by atoms with E-state index in [1.54, 1.807) is 0 Å². The first-order valence-corrected chi connectivity index (χ1v) is 8.46. The molecule has 0 atom stereocenters. The molecule has 0 aromatic heterocycles. The Morgan fingerprint density at radius 2 is 1.20 bits per heavy atom. The Hall–Kier alpha value is 0.660. The molecule has 0 spiro atoms. The van der Waals surface area contributed by atoms with Crippen LogP contribution >= 0.6 is 23.5 Å². The highest BCUT2D eigenvalue weighted by Gasteiger charge is 1.91. The minimum Gasteiger partial charge on any atom is -0.381 e. The normalized spacial score (nSPS) is 10.8. The monoisotopic (exact) mass is 250 g/mol. The number of unbranched alkanes of at least 4 members (excludes halogenated alkanes) is 2. The van der Waals surface area contributed by atoms with Gasteiger partial charge in [-0.15, -0.1) is 0 Å². The van der Waals surface area contributed by atoms with Crippen molar-refractivity contribution in [2.75, 3.05) is 36.2 Å². The molecular weight excluding hydrogens is 224 g/mol. The van der Waals surface area contributed by atoms with Gasteiger partial charge < -0.3 is 4.74 Å². The van der Waals surface area contributed by atoms with Crippen LogP contribution in [-0.4, -0.2) is 36.2 Å². The van der Waals surface area contributed by atoms with Crippen LogP contribution in [0.2, 0.25) is 0 Å². The Morgan fingerprint density at radius 1 is 0.733 bits per heavy atom. The minimum absolute atomic E-state index is 0.963. The van der Waals surface area contributed by atoms with Gasteiger partial charge in [0.15, 0.2) is 0 Å². The molecule has 92 valence electrons. The lowest BCUT2D eigenvalue weighted by atomic mass is 10.3. The van der Waals surface area contributed by atoms with Crippen molar-refractivity contribution in [3.63, 3.8) is 0 Å². The zero-order chi connectivity index (χ0) is 11.2. The Balaban J connectivity index is 2.81. The van der Waals surface area contributed by atoms with Crippen LogP contribution in [0.5, 0.6) is 0 Å². The number of ether oxygens (including phenoxy) is 1. The molecule has 0 N–H and O–H groups in total. The van der Waals surface area contributed by atoms with Crippen LogP contribution in [0, 0.1) is 0 Å². The topological polar surface area (TPSA) is 9.23 Å². The van der Waals surface area contributed by atoms with Gasteiger partial charge in [-0.3, -0.25) is 0 Å². The number of rotatable bonds is 12. The van der Waals surface area contributed by atoms with Crippen LogP contribution in [0.1, 0.15) is 39.5 Å². The standard InChI is InChI=1S/C12H26OS2/c1-3-14-11-7-5-9-13-10-6-8-12-15-4-2/h3-12H2,1-2H3. The van der Waals surface area contributed by atoms with Gasteiger partial charge in [0.05, 0.1) is 0 Å². The Morgan fingerprint density at radius 3 is 1.60 bits per heavy atom. The molecule has 0 saturated heterocycles. The SMILES string of the molecule is CCSCCCCOCCCCSCC. The molecule has 0 aromatic rings. The number of thioether (sulfide) groups is 2. The molecule has 0 aliphatic heterocycles. The molecule has 15 heavy (non-hydrogen) atoms. The summed E-state index contributed by atoms with van der Waals surface area (Å²) >= 11 is 4.05. The molecule has 0 unspecified atom stereocenters. The first kappa shape index (κ1) is 15.7. The molecule has 0 aliphatic carbocycles. The van der Waals surface area contributed by atoms with Crippen LogP contribution in [-0.2, 0) is 4.74 Å². The van der Waals surface area contributed by atoms with E-state index in [4.69, 9.17) is 4.74 Å². The largest absolute Gasteiger partial charge is 0.381 e. The van der Waals surface area contributed by atoms with Crippen molar-refractivity contribution in [2.45, 2.75) is 39.5 Å². The highest BCUT2D eigenvalue weighted by Crippen LogP contribution is 2.05. The van der Waals surface area contributed by atoms with Gasteiger partial charge in [0.1, 0.15) is 0 Å². The second-order valence-electron chi connectivity index (χ2n) is 3.42. The third-order valence-electron chi connectivity index (χ3n) is 2.06. The zero-order valence-electron chi connectivity index (χ0n) is 10.3. The summed E-state index contributed by atoms with van der Waals surface area (Å²) in [7, 11) is 0. The van der Waals surface area contributed by atoms with E-state index < -0.39 is 0 Å². The van der Waals surface area contributed by atoms with Crippen LogP contribution < -0.4 is 0 Å². The molecule has 1 nitrogen and oxygen atoms in total. The first-order valence-electron chi connectivity index (χ1n) is 6.15. The Labute approximate surface area is 104 Å². The van der Waals surface area contributed by atoms with Crippen molar-refractivity contribution in [1.29, 1.82) is 0 Å². The van der Waals surface area contributed by atoms with E-state index in [9.17, 15) is 0 Å². The zero-order valence-corrected chi connectivity index (χ0v) is 11.9. The van der Waals surface area contributed by atoms with E-state index in [2.05, 4.69) is 13.8 Å². The maximum absolute atomic E-state index is 5.58. The van der Waals surface area contributed by atoms with Crippen LogP contribution in [0.4, 0.5) is 0 Å². The average molecular weight is 250 g/mol. The fourth-order valence-electron chi connectivity index (χ4n) is 1.21. The van der Waals surface area contributed by atoms with Gasteiger partial charge in [-0.2, -0.15) is 23.5 Å². The smallest absolute Gasteiger partial charge is 0.0466 e. The van der Waals surface area contributed by atoms with Crippen molar-refractivity contribution in [1.82, 2.24) is 0 Å². The van der Waals surface area contributed by atoms with Crippen molar-refractivity contribution in [3.05, 3.63) is 0 Å². The third-order valence-corrected chi connectivity index (χ3v) is 4.03. The van der Waals surface area contributed by atoms with Gasteiger partial charge in [0.25, 0.3) is 0 Å². The summed E-state index contributed by atoms with van der Waals surface area (Å²) in [5.74, 6) is 5.09. The lowest BCUT2D eigenvalue weighted by molar-refractivity contribution is 0.129. The predicted octanol–water partition coefficient (Wildman–Crippen LogP) is 4.07. The molecule has 0 heterocycles. The summed E-state index contributed by atoms with van der Waals surface area (Å²) in [5, 5.41) is 0. The molecule has 0 rings (SSSR count). The number of hydrogen-bond donors (Lipinski definition) is 0. The molecule has 0 radical (unpaired) electrons. The van der Waals surface area contributed by atoms with Gasteiger partial charge in [-0.1, -0.05) is 13.8 Å². The quantitative estimate of drug-likeness (QED) is 0.483. The van der Waals surface area contributed by atoms with Gasteiger partial charge in [0.2, 0.25) is 0 Å². The fraction of sp³-hybridized carbons (Fsp3) is 1.00. The van der Waals surface area contributed by atoms with Gasteiger partial charge in [-0.25, -0.2) is 0 Å². The average Bonchev–Trinajstić information content (AvgIpc) is 2.26. The summed E-state index contributed by atoms with van der Waals surface area (Å²) in [4.78, 5) is 0. The van der Waals surface area contributed by atoms with Crippen molar-refractivity contribution in [2.24, 2.45) is 0 Å². The van der Waals surface area contributed by atoms with Crippen LogP contribution in [0.15, 0.2) is 0 Å². The molecule has 0 aliphatic rings. The highest BCUT2D eigenvalue weighted by atomic mass is 32.2. The summed E-state index contributed by atoms with van der Waals surface area (Å²) in [6.07, 6.45) is 5.09. The molecule has 0 amide bonds. The summed E-state index contributed by atoms with van der Waals surface area (Å²) in [6.45, 7) is 6.36. The summed E-state index contributed by atoms with van der Waals surface area (Å²) < 4.78 is 5.58. The highest BCUT2D eigenvalue weighted by molar-refractivity contribution is 7.99. The van der Waals surface area contributed by atoms with Gasteiger partial charge in [-0.05, 0) is 48.7 Å². The molecule has 0 aromatic carbocycles. The summed E-state index contributed by atoms with van der Waals surface area (Å²) in [6, 6.07) is 0. The van der Waals surface area contributed by atoms with Crippen LogP contribution in [0.25, 0.3) is 0 Å². The second-order valence-corrected chi connectivity index (χ2v) is 6.21. The molecule has 3 heteroatoms. The van der Waals surface area contributed by atoms with Crippen molar-refractivity contribution in [3.8, 4) is 0 Å². The van der Waals surface area contributed by atoms with E-state index in [0.29, 0.717) is 0 Å². The fourth-order valence-corrected chi connectivity index (χ4v) is 2.60. The maximum atomic E-state index is 5.58. The Bertz CT molecular complexity index is 97.8. The van der Waals surface area contributed by atoms with E-state index in [1.807, 2.05) is 23.5 Å². The lowest BCUT2D eigenvalue weighted by Gasteiger charge is -2.03. The van der Waals surface area contributed by atoms with Gasteiger partial charge >= 0.3 is 0 Å². The lowest BCUT2D eigenvalue weighted by Crippen LogP contribution is -1.98. The molecule has 0 saturated carbocycles. The molecular formula is C12H26OS2.